The maximum absolute atomic E-state index is 5.62. The van der Waals surface area contributed by atoms with Gasteiger partial charge in [0.2, 0.25) is 0 Å². The first-order chi connectivity index (χ1) is 9.56. The van der Waals surface area contributed by atoms with E-state index in [1.54, 1.807) is 0 Å². The zero-order chi connectivity index (χ0) is 14.5. The Labute approximate surface area is 123 Å². The van der Waals surface area contributed by atoms with E-state index in [1.807, 2.05) is 6.26 Å². The lowest BCUT2D eigenvalue weighted by Crippen LogP contribution is -2.41. The predicted molar refractivity (Wildman–Crippen MR) is 82.7 cm³/mol. The first kappa shape index (κ1) is 15.5. The fraction of sp³-hybridized carbons (Fsp3) is 0.750. The highest BCUT2D eigenvalue weighted by atomic mass is 16.3. The Morgan fingerprint density at radius 3 is 2.75 bits per heavy atom. The number of hydrogen-bond acceptors (Lipinski definition) is 4. The average Bonchev–Trinajstić information content (AvgIpc) is 2.84. The first-order valence-corrected chi connectivity index (χ1v) is 7.73. The number of rotatable bonds is 6. The standard InChI is InChI=1S/C16H29N3O/c1-13(2)17-11-16-14(7-10-20-16)12-19(4)15-5-8-18(3)9-6-15/h7,10,13,15,17H,5-6,8-9,11-12H2,1-4H3. The van der Waals surface area contributed by atoms with Crippen molar-refractivity contribution in [3.63, 3.8) is 0 Å². The Balaban J connectivity index is 1.87. The number of hydrogen-bond donors (Lipinski definition) is 1. The molecule has 0 aromatic carbocycles. The molecule has 1 aliphatic rings. The lowest BCUT2D eigenvalue weighted by Gasteiger charge is -2.35. The Bertz CT molecular complexity index is 394. The third kappa shape index (κ3) is 4.33. The van der Waals surface area contributed by atoms with Gasteiger partial charge in [0.15, 0.2) is 0 Å². The van der Waals surface area contributed by atoms with Gasteiger partial charge in [0, 0.05) is 24.2 Å². The minimum Gasteiger partial charge on any atom is -0.468 e. The Kier molecular flexibility index (Phi) is 5.64. The summed E-state index contributed by atoms with van der Waals surface area (Å²) >= 11 is 0. The van der Waals surface area contributed by atoms with Crippen molar-refractivity contribution in [1.29, 1.82) is 0 Å². The Morgan fingerprint density at radius 2 is 2.10 bits per heavy atom. The van der Waals surface area contributed by atoms with Gasteiger partial charge in [-0.05, 0) is 46.1 Å². The second-order valence-corrected chi connectivity index (χ2v) is 6.35. The van der Waals surface area contributed by atoms with Crippen LogP contribution >= 0.6 is 0 Å². The van der Waals surface area contributed by atoms with E-state index in [1.165, 1.54) is 31.5 Å². The highest BCUT2D eigenvalue weighted by molar-refractivity contribution is 5.17. The number of nitrogens with one attached hydrogen (secondary N) is 1. The minimum atomic E-state index is 0.486. The van der Waals surface area contributed by atoms with Crippen LogP contribution < -0.4 is 5.32 Å². The summed E-state index contributed by atoms with van der Waals surface area (Å²) < 4.78 is 5.62. The molecule has 0 unspecified atom stereocenters. The zero-order valence-corrected chi connectivity index (χ0v) is 13.4. The summed E-state index contributed by atoms with van der Waals surface area (Å²) in [5.74, 6) is 1.08. The van der Waals surface area contributed by atoms with E-state index in [-0.39, 0.29) is 0 Å². The molecule has 0 saturated carbocycles. The molecular weight excluding hydrogens is 250 g/mol. The molecule has 2 heterocycles. The molecule has 1 aromatic rings. The molecule has 0 bridgehead atoms. The van der Waals surface area contributed by atoms with Gasteiger partial charge in [-0.2, -0.15) is 0 Å². The molecule has 114 valence electrons. The number of likely N-dealkylation sites (tertiary alicyclic amines) is 1. The lowest BCUT2D eigenvalue weighted by atomic mass is 10.0. The van der Waals surface area contributed by atoms with Gasteiger partial charge in [-0.3, -0.25) is 4.90 Å². The van der Waals surface area contributed by atoms with Crippen molar-refractivity contribution in [3.8, 4) is 0 Å². The van der Waals surface area contributed by atoms with Crippen molar-refractivity contribution in [2.24, 2.45) is 0 Å². The van der Waals surface area contributed by atoms with Crippen molar-refractivity contribution in [3.05, 3.63) is 23.7 Å². The maximum Gasteiger partial charge on any atom is 0.122 e. The highest BCUT2D eigenvalue weighted by Gasteiger charge is 2.21. The molecule has 0 spiro atoms. The molecule has 1 N–H and O–H groups in total. The molecule has 4 heteroatoms. The van der Waals surface area contributed by atoms with Crippen molar-refractivity contribution in [1.82, 2.24) is 15.1 Å². The van der Waals surface area contributed by atoms with Gasteiger partial charge < -0.3 is 14.6 Å². The molecular formula is C16H29N3O. The van der Waals surface area contributed by atoms with E-state index in [2.05, 4.69) is 49.1 Å². The van der Waals surface area contributed by atoms with Crippen LogP contribution in [0.3, 0.4) is 0 Å². The summed E-state index contributed by atoms with van der Waals surface area (Å²) in [6, 6.07) is 3.30. The summed E-state index contributed by atoms with van der Waals surface area (Å²) in [7, 11) is 4.45. The minimum absolute atomic E-state index is 0.486. The summed E-state index contributed by atoms with van der Waals surface area (Å²) in [4.78, 5) is 4.90. The Morgan fingerprint density at radius 1 is 1.40 bits per heavy atom. The number of nitrogens with zero attached hydrogens (tertiary/aromatic N) is 2. The van der Waals surface area contributed by atoms with Gasteiger partial charge >= 0.3 is 0 Å². The SMILES string of the molecule is CC(C)NCc1occc1CN(C)C1CCN(C)CC1. The van der Waals surface area contributed by atoms with Crippen LogP contribution in [0, 0.1) is 0 Å². The van der Waals surface area contributed by atoms with Gasteiger partial charge in [0.05, 0.1) is 12.8 Å². The van der Waals surface area contributed by atoms with Crippen LogP contribution in [0.1, 0.15) is 38.0 Å². The molecule has 20 heavy (non-hydrogen) atoms. The molecule has 1 fully saturated rings. The molecule has 4 nitrogen and oxygen atoms in total. The predicted octanol–water partition coefficient (Wildman–Crippen LogP) is 2.30. The molecule has 0 aliphatic carbocycles. The van der Waals surface area contributed by atoms with Crippen LogP contribution in [0.25, 0.3) is 0 Å². The van der Waals surface area contributed by atoms with Crippen molar-refractivity contribution < 1.29 is 4.42 Å². The highest BCUT2D eigenvalue weighted by Crippen LogP contribution is 2.19. The lowest BCUT2D eigenvalue weighted by molar-refractivity contribution is 0.138. The third-order valence-electron chi connectivity index (χ3n) is 4.24. The van der Waals surface area contributed by atoms with E-state index in [9.17, 15) is 0 Å². The van der Waals surface area contributed by atoms with Crippen molar-refractivity contribution in [2.75, 3.05) is 27.2 Å². The van der Waals surface area contributed by atoms with E-state index in [0.29, 0.717) is 12.1 Å². The fourth-order valence-electron chi connectivity index (χ4n) is 2.79. The van der Waals surface area contributed by atoms with Gasteiger partial charge in [-0.25, -0.2) is 0 Å². The van der Waals surface area contributed by atoms with Gasteiger partial charge in [-0.1, -0.05) is 13.8 Å². The largest absolute Gasteiger partial charge is 0.468 e. The molecule has 0 amide bonds. The molecule has 2 rings (SSSR count). The zero-order valence-electron chi connectivity index (χ0n) is 13.4. The molecule has 1 saturated heterocycles. The van der Waals surface area contributed by atoms with Gasteiger partial charge in [0.25, 0.3) is 0 Å². The topological polar surface area (TPSA) is 31.7 Å². The maximum atomic E-state index is 5.62. The number of furan rings is 1. The molecule has 1 aromatic heterocycles. The van der Waals surface area contributed by atoms with Crippen LogP contribution in [0.2, 0.25) is 0 Å². The van der Waals surface area contributed by atoms with E-state index >= 15 is 0 Å². The fourth-order valence-corrected chi connectivity index (χ4v) is 2.79. The van der Waals surface area contributed by atoms with Crippen molar-refractivity contribution in [2.45, 2.75) is 51.9 Å². The average molecular weight is 279 g/mol. The van der Waals surface area contributed by atoms with E-state index in [4.69, 9.17) is 4.42 Å². The van der Waals surface area contributed by atoms with Crippen LogP contribution in [0.5, 0.6) is 0 Å². The second-order valence-electron chi connectivity index (χ2n) is 6.35. The van der Waals surface area contributed by atoms with Crippen LogP contribution in [-0.4, -0.2) is 49.1 Å². The third-order valence-corrected chi connectivity index (χ3v) is 4.24. The smallest absolute Gasteiger partial charge is 0.122 e. The summed E-state index contributed by atoms with van der Waals surface area (Å²) in [6.07, 6.45) is 4.35. The van der Waals surface area contributed by atoms with Gasteiger partial charge in [0.1, 0.15) is 5.76 Å². The Hall–Kier alpha value is -0.840. The van der Waals surface area contributed by atoms with Crippen LogP contribution in [0.4, 0.5) is 0 Å². The number of piperidine rings is 1. The summed E-state index contributed by atoms with van der Waals surface area (Å²) in [5, 5.41) is 3.43. The first-order valence-electron chi connectivity index (χ1n) is 7.73. The van der Waals surface area contributed by atoms with Crippen LogP contribution in [0.15, 0.2) is 16.7 Å². The summed E-state index contributed by atoms with van der Waals surface area (Å²) in [5.41, 5.74) is 1.32. The summed E-state index contributed by atoms with van der Waals surface area (Å²) in [6.45, 7) is 8.55. The van der Waals surface area contributed by atoms with E-state index < -0.39 is 0 Å². The molecule has 1 aliphatic heterocycles. The van der Waals surface area contributed by atoms with E-state index in [0.717, 1.165) is 18.8 Å². The van der Waals surface area contributed by atoms with Crippen molar-refractivity contribution >= 4 is 0 Å². The van der Waals surface area contributed by atoms with Gasteiger partial charge in [-0.15, -0.1) is 0 Å². The second kappa shape index (κ2) is 7.25. The quantitative estimate of drug-likeness (QED) is 0.866. The monoisotopic (exact) mass is 279 g/mol. The molecule has 0 radical (unpaired) electrons. The molecule has 0 atom stereocenters. The van der Waals surface area contributed by atoms with Crippen LogP contribution in [-0.2, 0) is 13.1 Å². The normalized spacial score (nSPS) is 18.3.